The van der Waals surface area contributed by atoms with E-state index in [2.05, 4.69) is 20.3 Å². The Balaban J connectivity index is 2.03. The number of nitrogens with zero attached hydrogens (tertiary/aromatic N) is 4. The third-order valence-corrected chi connectivity index (χ3v) is 3.35. The van der Waals surface area contributed by atoms with Gasteiger partial charge in [0.15, 0.2) is 0 Å². The molecule has 0 radical (unpaired) electrons. The van der Waals surface area contributed by atoms with Crippen molar-refractivity contribution in [1.82, 2.24) is 14.9 Å². The van der Waals surface area contributed by atoms with Crippen molar-refractivity contribution >= 4 is 17.7 Å². The molecule has 1 aliphatic heterocycles. The molecule has 0 saturated carbocycles. The van der Waals surface area contributed by atoms with Crippen molar-refractivity contribution in [1.29, 1.82) is 0 Å². The highest BCUT2D eigenvalue weighted by atomic mass is 16.6. The van der Waals surface area contributed by atoms with Gasteiger partial charge in [-0.3, -0.25) is 0 Å². The van der Waals surface area contributed by atoms with Crippen LogP contribution in [-0.4, -0.2) is 53.7 Å². The molecule has 1 fully saturated rings. The summed E-state index contributed by atoms with van der Waals surface area (Å²) in [6, 6.07) is 1.82. The summed E-state index contributed by atoms with van der Waals surface area (Å²) < 4.78 is 5.01. The number of aryl methyl sites for hydroxylation is 1. The van der Waals surface area contributed by atoms with E-state index in [9.17, 15) is 4.79 Å². The zero-order valence-corrected chi connectivity index (χ0v) is 12.5. The van der Waals surface area contributed by atoms with E-state index in [4.69, 9.17) is 10.6 Å². The van der Waals surface area contributed by atoms with E-state index in [0.717, 1.165) is 18.1 Å². The molecular formula is C13H22N6O2. The van der Waals surface area contributed by atoms with Crippen LogP contribution >= 0.6 is 0 Å². The maximum Gasteiger partial charge on any atom is 0.409 e. The van der Waals surface area contributed by atoms with Gasteiger partial charge in [0.2, 0.25) is 0 Å². The van der Waals surface area contributed by atoms with Gasteiger partial charge in [0.25, 0.3) is 0 Å². The van der Waals surface area contributed by atoms with Gasteiger partial charge >= 0.3 is 6.09 Å². The highest BCUT2D eigenvalue weighted by molar-refractivity contribution is 5.68. The van der Waals surface area contributed by atoms with Gasteiger partial charge in [0.1, 0.15) is 17.5 Å². The van der Waals surface area contributed by atoms with Gasteiger partial charge in [-0.1, -0.05) is 6.92 Å². The summed E-state index contributed by atoms with van der Waals surface area (Å²) in [4.78, 5) is 24.3. The Labute approximate surface area is 124 Å². The fourth-order valence-corrected chi connectivity index (χ4v) is 2.21. The third-order valence-electron chi connectivity index (χ3n) is 3.35. The molecule has 3 N–H and O–H groups in total. The minimum Gasteiger partial charge on any atom is -0.450 e. The van der Waals surface area contributed by atoms with Crippen LogP contribution in [0.3, 0.4) is 0 Å². The summed E-state index contributed by atoms with van der Waals surface area (Å²) in [5.41, 5.74) is 2.56. The van der Waals surface area contributed by atoms with Crippen LogP contribution in [0.4, 0.5) is 16.4 Å². The molecule has 0 unspecified atom stereocenters. The maximum atomic E-state index is 11.7. The highest BCUT2D eigenvalue weighted by Gasteiger charge is 2.23. The number of piperazine rings is 1. The third kappa shape index (κ3) is 3.72. The Morgan fingerprint density at radius 3 is 2.62 bits per heavy atom. The molecule has 0 aliphatic carbocycles. The number of hydrogen-bond donors (Lipinski definition) is 2. The van der Waals surface area contributed by atoms with Crippen molar-refractivity contribution in [2.45, 2.75) is 20.3 Å². The number of aromatic nitrogens is 2. The van der Waals surface area contributed by atoms with Crippen molar-refractivity contribution in [3.8, 4) is 0 Å². The first kappa shape index (κ1) is 15.3. The van der Waals surface area contributed by atoms with Crippen LogP contribution in [0.2, 0.25) is 0 Å². The SMILES string of the molecule is CCOC(=O)N1CCN(c2cc(NN)nc(CC)n2)CC1. The van der Waals surface area contributed by atoms with E-state index in [1.54, 1.807) is 4.90 Å². The second kappa shape index (κ2) is 7.07. The first-order valence-electron chi connectivity index (χ1n) is 7.19. The number of amides is 1. The van der Waals surface area contributed by atoms with Crippen molar-refractivity contribution in [2.75, 3.05) is 43.1 Å². The molecule has 1 saturated heterocycles. The molecule has 1 aromatic heterocycles. The fraction of sp³-hybridized carbons (Fsp3) is 0.615. The second-order valence-electron chi connectivity index (χ2n) is 4.70. The van der Waals surface area contributed by atoms with Crippen LogP contribution in [0.25, 0.3) is 0 Å². The number of nitrogens with one attached hydrogen (secondary N) is 1. The van der Waals surface area contributed by atoms with Crippen molar-refractivity contribution in [2.24, 2.45) is 5.84 Å². The summed E-state index contributed by atoms with van der Waals surface area (Å²) in [5.74, 6) is 7.62. The summed E-state index contributed by atoms with van der Waals surface area (Å²) >= 11 is 0. The summed E-state index contributed by atoms with van der Waals surface area (Å²) in [5, 5.41) is 0. The molecule has 0 atom stereocenters. The lowest BCUT2D eigenvalue weighted by molar-refractivity contribution is 0.105. The van der Waals surface area contributed by atoms with E-state index in [1.807, 2.05) is 19.9 Å². The minimum atomic E-state index is -0.251. The Kier molecular flexibility index (Phi) is 5.15. The average molecular weight is 294 g/mol. The molecule has 0 aromatic carbocycles. The number of anilines is 2. The van der Waals surface area contributed by atoms with Gasteiger partial charge in [0, 0.05) is 38.7 Å². The van der Waals surface area contributed by atoms with E-state index >= 15 is 0 Å². The molecule has 21 heavy (non-hydrogen) atoms. The molecule has 0 bridgehead atoms. The van der Waals surface area contributed by atoms with Crippen LogP contribution in [0, 0.1) is 0 Å². The lowest BCUT2D eigenvalue weighted by Crippen LogP contribution is -2.49. The molecule has 116 valence electrons. The largest absolute Gasteiger partial charge is 0.450 e. The van der Waals surface area contributed by atoms with Crippen LogP contribution in [0.15, 0.2) is 6.07 Å². The summed E-state index contributed by atoms with van der Waals surface area (Å²) in [6.07, 6.45) is 0.490. The number of carbonyl (C=O) groups excluding carboxylic acids is 1. The Morgan fingerprint density at radius 2 is 2.05 bits per heavy atom. The van der Waals surface area contributed by atoms with Crippen LogP contribution in [0.1, 0.15) is 19.7 Å². The van der Waals surface area contributed by atoms with E-state index in [1.165, 1.54) is 0 Å². The number of hydrazine groups is 1. The monoisotopic (exact) mass is 294 g/mol. The second-order valence-corrected chi connectivity index (χ2v) is 4.70. The number of rotatable bonds is 4. The van der Waals surface area contributed by atoms with Gasteiger partial charge in [-0.15, -0.1) is 0 Å². The molecule has 0 spiro atoms. The Hall–Kier alpha value is -2.09. The summed E-state index contributed by atoms with van der Waals surface area (Å²) in [6.45, 7) is 6.87. The van der Waals surface area contributed by atoms with Crippen LogP contribution in [-0.2, 0) is 11.2 Å². The first-order valence-corrected chi connectivity index (χ1v) is 7.19. The predicted molar refractivity (Wildman–Crippen MR) is 80.0 cm³/mol. The average Bonchev–Trinajstić information content (AvgIpc) is 2.54. The number of carbonyl (C=O) groups is 1. The van der Waals surface area contributed by atoms with Crippen molar-refractivity contribution < 1.29 is 9.53 Å². The van der Waals surface area contributed by atoms with Crippen molar-refractivity contribution in [3.63, 3.8) is 0 Å². The topological polar surface area (TPSA) is 96.6 Å². The molecular weight excluding hydrogens is 272 g/mol. The molecule has 1 aromatic rings. The maximum absolute atomic E-state index is 11.7. The number of nitrogens with two attached hydrogens (primary N) is 1. The quantitative estimate of drug-likeness (QED) is 0.620. The Morgan fingerprint density at radius 1 is 1.33 bits per heavy atom. The standard InChI is InChI=1S/C13H22N6O2/c1-3-10-15-11(17-14)9-12(16-10)18-5-7-19(8-6-18)13(20)21-4-2/h9H,3-8,14H2,1-2H3,(H,15,16,17). The molecule has 1 amide bonds. The van der Waals surface area contributed by atoms with Crippen LogP contribution in [0.5, 0.6) is 0 Å². The van der Waals surface area contributed by atoms with Gasteiger partial charge in [-0.2, -0.15) is 0 Å². The van der Waals surface area contributed by atoms with E-state index in [-0.39, 0.29) is 6.09 Å². The lowest BCUT2D eigenvalue weighted by Gasteiger charge is -2.34. The number of hydrogen-bond acceptors (Lipinski definition) is 7. The molecule has 2 heterocycles. The molecule has 8 heteroatoms. The highest BCUT2D eigenvalue weighted by Crippen LogP contribution is 2.18. The fourth-order valence-electron chi connectivity index (χ4n) is 2.21. The summed E-state index contributed by atoms with van der Waals surface area (Å²) in [7, 11) is 0. The van der Waals surface area contributed by atoms with Gasteiger partial charge in [-0.05, 0) is 6.92 Å². The Bertz CT molecular complexity index is 465. The first-order chi connectivity index (χ1) is 10.2. The van der Waals surface area contributed by atoms with Gasteiger partial charge < -0.3 is 20.0 Å². The van der Waals surface area contributed by atoms with E-state index < -0.39 is 0 Å². The lowest BCUT2D eigenvalue weighted by atomic mass is 10.3. The molecule has 1 aliphatic rings. The van der Waals surface area contributed by atoms with E-state index in [0.29, 0.717) is 38.6 Å². The molecule has 8 nitrogen and oxygen atoms in total. The smallest absolute Gasteiger partial charge is 0.409 e. The van der Waals surface area contributed by atoms with Gasteiger partial charge in [0.05, 0.1) is 6.61 Å². The van der Waals surface area contributed by atoms with Crippen molar-refractivity contribution in [3.05, 3.63) is 11.9 Å². The number of ether oxygens (including phenoxy) is 1. The normalized spacial score (nSPS) is 15.0. The molecule has 2 rings (SSSR count). The zero-order chi connectivity index (χ0) is 15.2. The van der Waals surface area contributed by atoms with Gasteiger partial charge in [-0.25, -0.2) is 20.6 Å². The predicted octanol–water partition coefficient (Wildman–Crippen LogP) is 0.603. The number of nitrogen functional groups attached to an aromatic ring is 1. The zero-order valence-electron chi connectivity index (χ0n) is 12.5. The minimum absolute atomic E-state index is 0.251. The van der Waals surface area contributed by atoms with Crippen LogP contribution < -0.4 is 16.2 Å².